The number of ether oxygens (including phenoxy) is 1. The summed E-state index contributed by atoms with van der Waals surface area (Å²) in [4.78, 5) is 26.8. The second-order valence-corrected chi connectivity index (χ2v) is 5.04. The average molecular weight is 331 g/mol. The van der Waals surface area contributed by atoms with Gasteiger partial charge in [-0.05, 0) is 6.42 Å². The summed E-state index contributed by atoms with van der Waals surface area (Å²) in [5.41, 5.74) is 5.04. The fraction of sp³-hybridized carbons (Fsp3) is 0.667. The summed E-state index contributed by atoms with van der Waals surface area (Å²) in [6.45, 7) is 0.996. The van der Waals surface area contributed by atoms with E-state index in [0.29, 0.717) is 6.42 Å². The molecule has 0 radical (unpaired) electrons. The number of carbonyl (C=O) groups excluding carboxylic acids is 1. The first-order valence-corrected chi connectivity index (χ1v) is 7.18. The van der Waals surface area contributed by atoms with E-state index in [1.807, 2.05) is 0 Å². The molecule has 124 valence electrons. The van der Waals surface area contributed by atoms with Crippen molar-refractivity contribution in [3.63, 3.8) is 0 Å². The highest BCUT2D eigenvalue weighted by Crippen LogP contribution is 2.36. The van der Waals surface area contributed by atoms with Gasteiger partial charge in [0.15, 0.2) is 11.9 Å². The van der Waals surface area contributed by atoms with Crippen molar-refractivity contribution in [1.29, 1.82) is 0 Å². The van der Waals surface area contributed by atoms with E-state index >= 15 is 0 Å². The summed E-state index contributed by atoms with van der Waals surface area (Å²) in [7, 11) is -4.36. The van der Waals surface area contributed by atoms with Crippen molar-refractivity contribution in [3.05, 3.63) is 11.5 Å². The lowest BCUT2D eigenvalue weighted by Crippen LogP contribution is -2.31. The van der Waals surface area contributed by atoms with Crippen molar-refractivity contribution in [2.45, 2.75) is 31.8 Å². The zero-order valence-corrected chi connectivity index (χ0v) is 11.9. The molecule has 11 nitrogen and oxygen atoms in total. The molecule has 0 saturated carbocycles. The standard InChI is InChI=1S/C6H8O6.C3H10NO4P/c7-1-2(8)5-3(9)4(10)6(11)12-5;1-2-3(4)8-9(5,6)7/h2,5,7-10H,1H2;3H,2,4H2,1H3,(H2,5,6,7)/t2?,5-;/m1./s1. The van der Waals surface area contributed by atoms with Crippen molar-refractivity contribution in [2.75, 3.05) is 6.61 Å². The second-order valence-electron chi connectivity index (χ2n) is 3.85. The van der Waals surface area contributed by atoms with E-state index < -0.39 is 50.4 Å². The number of cyclic esters (lactones) is 1. The number of aliphatic hydroxyl groups is 4. The van der Waals surface area contributed by atoms with Gasteiger partial charge in [0.2, 0.25) is 5.76 Å². The molecule has 0 fully saturated rings. The molecule has 0 aromatic heterocycles. The molecule has 0 aliphatic carbocycles. The maximum atomic E-state index is 10.5. The smallest absolute Gasteiger partial charge is 0.471 e. The molecule has 21 heavy (non-hydrogen) atoms. The van der Waals surface area contributed by atoms with Gasteiger partial charge in [0.1, 0.15) is 12.3 Å². The highest BCUT2D eigenvalue weighted by molar-refractivity contribution is 7.46. The lowest BCUT2D eigenvalue weighted by atomic mass is 10.2. The monoisotopic (exact) mass is 331 g/mol. The van der Waals surface area contributed by atoms with Gasteiger partial charge in [-0.25, -0.2) is 9.36 Å². The topological polar surface area (TPSA) is 200 Å². The van der Waals surface area contributed by atoms with Crippen molar-refractivity contribution >= 4 is 13.8 Å². The van der Waals surface area contributed by atoms with E-state index in [4.69, 9.17) is 35.9 Å². The number of nitrogens with two attached hydrogens (primary N) is 1. The fourth-order valence-electron chi connectivity index (χ4n) is 1.07. The first kappa shape index (κ1) is 19.8. The number of carbonyl (C=O) groups is 1. The highest BCUT2D eigenvalue weighted by Gasteiger charge is 2.38. The number of rotatable bonds is 5. The van der Waals surface area contributed by atoms with Crippen LogP contribution in [0.15, 0.2) is 11.5 Å². The van der Waals surface area contributed by atoms with E-state index in [0.717, 1.165) is 0 Å². The van der Waals surface area contributed by atoms with Crippen LogP contribution in [-0.2, 0) is 18.6 Å². The molecule has 0 amide bonds. The molecule has 0 bridgehead atoms. The van der Waals surface area contributed by atoms with Crippen LogP contribution in [0.2, 0.25) is 0 Å². The maximum Gasteiger partial charge on any atom is 0.471 e. The van der Waals surface area contributed by atoms with Gasteiger partial charge < -0.3 is 40.7 Å². The normalized spacial score (nSPS) is 21.4. The Hall–Kier alpha value is -1.20. The number of hydrogen-bond acceptors (Lipinski definition) is 9. The van der Waals surface area contributed by atoms with E-state index in [1.165, 1.54) is 0 Å². The average Bonchev–Trinajstić information content (AvgIpc) is 2.64. The molecule has 3 atom stereocenters. The minimum absolute atomic E-state index is 0.380. The first-order chi connectivity index (χ1) is 9.53. The van der Waals surface area contributed by atoms with Crippen LogP contribution in [0, 0.1) is 0 Å². The lowest BCUT2D eigenvalue weighted by molar-refractivity contribution is -0.147. The molecular weight excluding hydrogens is 313 g/mol. The Morgan fingerprint density at radius 2 is 1.95 bits per heavy atom. The molecule has 0 spiro atoms. The van der Waals surface area contributed by atoms with Gasteiger partial charge in [0.05, 0.1) is 6.61 Å². The Morgan fingerprint density at radius 1 is 1.43 bits per heavy atom. The molecule has 1 heterocycles. The second kappa shape index (κ2) is 8.29. The van der Waals surface area contributed by atoms with Gasteiger partial charge >= 0.3 is 13.8 Å². The molecule has 1 aliphatic heterocycles. The molecule has 0 aromatic rings. The fourth-order valence-corrected chi connectivity index (χ4v) is 1.58. The minimum Gasteiger partial charge on any atom is -0.505 e. The van der Waals surface area contributed by atoms with Gasteiger partial charge in [0.25, 0.3) is 0 Å². The third kappa shape index (κ3) is 6.87. The lowest BCUT2D eigenvalue weighted by Gasteiger charge is -2.13. The van der Waals surface area contributed by atoms with Gasteiger partial charge in [0, 0.05) is 0 Å². The molecule has 12 heteroatoms. The molecule has 2 unspecified atom stereocenters. The number of hydrogen-bond donors (Lipinski definition) is 7. The van der Waals surface area contributed by atoms with E-state index in [1.54, 1.807) is 6.92 Å². The predicted molar refractivity (Wildman–Crippen MR) is 66.7 cm³/mol. The van der Waals surface area contributed by atoms with E-state index in [-0.39, 0.29) is 0 Å². The van der Waals surface area contributed by atoms with Crippen LogP contribution in [0.25, 0.3) is 0 Å². The van der Waals surface area contributed by atoms with Crippen molar-refractivity contribution < 1.29 is 48.8 Å². The Labute approximate surface area is 119 Å². The zero-order chi connectivity index (χ0) is 16.8. The van der Waals surface area contributed by atoms with Crippen LogP contribution in [0.4, 0.5) is 0 Å². The summed E-state index contributed by atoms with van der Waals surface area (Å²) >= 11 is 0. The van der Waals surface area contributed by atoms with Crippen molar-refractivity contribution in [2.24, 2.45) is 5.73 Å². The van der Waals surface area contributed by atoms with Crippen LogP contribution in [-0.4, -0.2) is 61.2 Å². The molecule has 1 aliphatic rings. The van der Waals surface area contributed by atoms with Gasteiger partial charge in [-0.3, -0.25) is 4.52 Å². The predicted octanol–water partition coefficient (Wildman–Crippen LogP) is -1.62. The SMILES string of the molecule is CCC(N)OP(=O)(O)O.O=C1O[C@H](C(O)CO)C(O)=C1O. The summed E-state index contributed by atoms with van der Waals surface area (Å²) in [5, 5.41) is 35.0. The van der Waals surface area contributed by atoms with Crippen LogP contribution < -0.4 is 5.73 Å². The number of aliphatic hydroxyl groups excluding tert-OH is 4. The van der Waals surface area contributed by atoms with Crippen molar-refractivity contribution in [1.82, 2.24) is 0 Å². The maximum absolute atomic E-state index is 10.5. The number of esters is 1. The van der Waals surface area contributed by atoms with Gasteiger partial charge in [-0.2, -0.15) is 0 Å². The third-order valence-corrected chi connectivity index (χ3v) is 2.70. The quantitative estimate of drug-likeness (QED) is 0.173. The molecular formula is C9H18NO10P. The first-order valence-electron chi connectivity index (χ1n) is 5.65. The van der Waals surface area contributed by atoms with E-state index in [2.05, 4.69) is 9.26 Å². The third-order valence-electron chi connectivity index (χ3n) is 2.15. The van der Waals surface area contributed by atoms with Crippen LogP contribution in [0.1, 0.15) is 13.3 Å². The Kier molecular flexibility index (Phi) is 7.82. The van der Waals surface area contributed by atoms with Gasteiger partial charge in [-0.1, -0.05) is 6.92 Å². The van der Waals surface area contributed by atoms with Crippen LogP contribution in [0.3, 0.4) is 0 Å². The Balaban J connectivity index is 0.000000400. The summed E-state index contributed by atoms with van der Waals surface area (Å²) in [6, 6.07) is 0. The van der Waals surface area contributed by atoms with Crippen LogP contribution >= 0.6 is 7.82 Å². The molecule has 0 saturated heterocycles. The molecule has 8 N–H and O–H groups in total. The summed E-state index contributed by atoms with van der Waals surface area (Å²) in [6.07, 6.45) is -3.27. The summed E-state index contributed by atoms with van der Waals surface area (Å²) in [5.74, 6) is -2.78. The Morgan fingerprint density at radius 3 is 2.19 bits per heavy atom. The summed E-state index contributed by atoms with van der Waals surface area (Å²) < 4.78 is 18.3. The van der Waals surface area contributed by atoms with Crippen LogP contribution in [0.5, 0.6) is 0 Å². The number of phosphoric acid groups is 1. The molecule has 0 aromatic carbocycles. The van der Waals surface area contributed by atoms with Gasteiger partial charge in [-0.15, -0.1) is 0 Å². The Bertz CT molecular complexity index is 432. The molecule has 1 rings (SSSR count). The van der Waals surface area contributed by atoms with Crippen molar-refractivity contribution in [3.8, 4) is 0 Å². The zero-order valence-electron chi connectivity index (χ0n) is 11.0. The van der Waals surface area contributed by atoms with E-state index in [9.17, 15) is 9.36 Å². The highest BCUT2D eigenvalue weighted by atomic mass is 31.2. The number of phosphoric ester groups is 1. The minimum atomic E-state index is -4.36. The largest absolute Gasteiger partial charge is 0.505 e.